The summed E-state index contributed by atoms with van der Waals surface area (Å²) < 4.78 is 5.16. The van der Waals surface area contributed by atoms with Gasteiger partial charge < -0.3 is 14.7 Å². The molecule has 0 saturated carbocycles. The number of fused-ring (bicyclic) bond motifs is 1. The number of carbonyl (C=O) groups is 1. The zero-order chi connectivity index (χ0) is 13.2. The third-order valence-corrected chi connectivity index (χ3v) is 2.87. The first kappa shape index (κ1) is 11.5. The van der Waals surface area contributed by atoms with E-state index < -0.39 is 0 Å². The molecule has 0 aliphatic heterocycles. The number of H-pyrrole nitrogens is 1. The Kier molecular flexibility index (Phi) is 2.79. The fourth-order valence-electron chi connectivity index (χ4n) is 1.96. The van der Waals surface area contributed by atoms with Crippen molar-refractivity contribution in [1.82, 2.24) is 15.3 Å². The van der Waals surface area contributed by atoms with Crippen molar-refractivity contribution in [3.8, 4) is 0 Å². The van der Waals surface area contributed by atoms with Gasteiger partial charge in [0.15, 0.2) is 0 Å². The molecule has 5 heteroatoms. The molecule has 2 heterocycles. The van der Waals surface area contributed by atoms with Gasteiger partial charge in [-0.2, -0.15) is 0 Å². The van der Waals surface area contributed by atoms with E-state index in [1.54, 1.807) is 24.5 Å². The first-order chi connectivity index (χ1) is 9.22. The largest absolute Gasteiger partial charge is 0.467 e. The van der Waals surface area contributed by atoms with Crippen molar-refractivity contribution in [2.45, 2.75) is 13.5 Å². The Morgan fingerprint density at radius 3 is 3.11 bits per heavy atom. The summed E-state index contributed by atoms with van der Waals surface area (Å²) >= 11 is 0. The van der Waals surface area contributed by atoms with Crippen LogP contribution >= 0.6 is 0 Å². The highest BCUT2D eigenvalue weighted by atomic mass is 16.3. The SMILES string of the molecule is Cc1nc2ccc(C(=O)NCc3ccco3)cc2[nH]1. The second kappa shape index (κ2) is 4.61. The van der Waals surface area contributed by atoms with Crippen LogP contribution in [0.2, 0.25) is 0 Å². The minimum atomic E-state index is -0.134. The van der Waals surface area contributed by atoms with Crippen LogP contribution in [0.25, 0.3) is 11.0 Å². The summed E-state index contributed by atoms with van der Waals surface area (Å²) in [4.78, 5) is 19.4. The number of imidazole rings is 1. The molecular weight excluding hydrogens is 242 g/mol. The number of aryl methyl sites for hydroxylation is 1. The van der Waals surface area contributed by atoms with Crippen LogP contribution in [0.1, 0.15) is 21.9 Å². The summed E-state index contributed by atoms with van der Waals surface area (Å²) in [5.41, 5.74) is 2.32. The first-order valence-corrected chi connectivity index (χ1v) is 5.99. The fourth-order valence-corrected chi connectivity index (χ4v) is 1.96. The van der Waals surface area contributed by atoms with Gasteiger partial charge in [0.05, 0.1) is 23.8 Å². The Balaban J connectivity index is 1.77. The number of nitrogens with zero attached hydrogens (tertiary/aromatic N) is 1. The van der Waals surface area contributed by atoms with Gasteiger partial charge in [-0.05, 0) is 37.3 Å². The predicted molar refractivity (Wildman–Crippen MR) is 70.7 cm³/mol. The molecule has 2 aromatic heterocycles. The molecule has 0 aliphatic rings. The zero-order valence-corrected chi connectivity index (χ0v) is 10.4. The number of carbonyl (C=O) groups excluding carboxylic acids is 1. The van der Waals surface area contributed by atoms with Gasteiger partial charge >= 0.3 is 0 Å². The fraction of sp³-hybridized carbons (Fsp3) is 0.143. The van der Waals surface area contributed by atoms with E-state index in [0.717, 1.165) is 22.6 Å². The average Bonchev–Trinajstić information content (AvgIpc) is 3.02. The zero-order valence-electron chi connectivity index (χ0n) is 10.4. The van der Waals surface area contributed by atoms with Gasteiger partial charge in [-0.15, -0.1) is 0 Å². The Hall–Kier alpha value is -2.56. The highest BCUT2D eigenvalue weighted by molar-refractivity contribution is 5.97. The highest BCUT2D eigenvalue weighted by Gasteiger charge is 2.08. The summed E-state index contributed by atoms with van der Waals surface area (Å²) in [6.45, 7) is 2.27. The molecule has 0 fully saturated rings. The average molecular weight is 255 g/mol. The smallest absolute Gasteiger partial charge is 0.251 e. The summed E-state index contributed by atoms with van der Waals surface area (Å²) in [6.07, 6.45) is 1.58. The van der Waals surface area contributed by atoms with Gasteiger partial charge in [0.1, 0.15) is 11.6 Å². The topological polar surface area (TPSA) is 70.9 Å². The number of rotatable bonds is 3. The number of hydrogen-bond donors (Lipinski definition) is 2. The van der Waals surface area contributed by atoms with Crippen LogP contribution in [0.3, 0.4) is 0 Å². The van der Waals surface area contributed by atoms with E-state index in [9.17, 15) is 4.79 Å². The molecule has 0 atom stereocenters. The molecule has 2 N–H and O–H groups in total. The van der Waals surface area contributed by atoms with Gasteiger partial charge in [-0.25, -0.2) is 4.98 Å². The number of aromatic amines is 1. The van der Waals surface area contributed by atoms with E-state index in [2.05, 4.69) is 15.3 Å². The minimum Gasteiger partial charge on any atom is -0.467 e. The Morgan fingerprint density at radius 2 is 2.32 bits per heavy atom. The lowest BCUT2D eigenvalue weighted by atomic mass is 10.2. The second-order valence-electron chi connectivity index (χ2n) is 4.32. The minimum absolute atomic E-state index is 0.134. The molecule has 0 unspecified atom stereocenters. The van der Waals surface area contributed by atoms with Gasteiger partial charge in [0.2, 0.25) is 0 Å². The van der Waals surface area contributed by atoms with Crippen LogP contribution in [0.4, 0.5) is 0 Å². The molecule has 1 amide bonds. The normalized spacial score (nSPS) is 10.8. The van der Waals surface area contributed by atoms with Crippen LogP contribution in [0.15, 0.2) is 41.0 Å². The van der Waals surface area contributed by atoms with Crippen LogP contribution in [0, 0.1) is 6.92 Å². The second-order valence-corrected chi connectivity index (χ2v) is 4.32. The molecule has 0 radical (unpaired) electrons. The molecule has 3 rings (SSSR count). The van der Waals surface area contributed by atoms with E-state index in [1.807, 2.05) is 19.1 Å². The van der Waals surface area contributed by atoms with Crippen molar-refractivity contribution in [1.29, 1.82) is 0 Å². The van der Waals surface area contributed by atoms with Gasteiger partial charge in [-0.3, -0.25) is 4.79 Å². The molecule has 0 spiro atoms. The van der Waals surface area contributed by atoms with Gasteiger partial charge in [0, 0.05) is 5.56 Å². The van der Waals surface area contributed by atoms with E-state index >= 15 is 0 Å². The van der Waals surface area contributed by atoms with Crippen molar-refractivity contribution in [3.63, 3.8) is 0 Å². The van der Waals surface area contributed by atoms with Crippen molar-refractivity contribution in [3.05, 3.63) is 53.7 Å². The molecule has 1 aromatic carbocycles. The van der Waals surface area contributed by atoms with Crippen molar-refractivity contribution >= 4 is 16.9 Å². The maximum absolute atomic E-state index is 12.0. The third kappa shape index (κ3) is 2.35. The molecule has 0 aliphatic carbocycles. The lowest BCUT2D eigenvalue weighted by Gasteiger charge is -2.03. The molecule has 96 valence electrons. The third-order valence-electron chi connectivity index (χ3n) is 2.87. The van der Waals surface area contributed by atoms with E-state index in [-0.39, 0.29) is 5.91 Å². The van der Waals surface area contributed by atoms with E-state index in [1.165, 1.54) is 0 Å². The molecule has 5 nitrogen and oxygen atoms in total. The van der Waals surface area contributed by atoms with E-state index in [0.29, 0.717) is 12.1 Å². The Bertz CT molecular complexity index is 713. The number of furan rings is 1. The van der Waals surface area contributed by atoms with Gasteiger partial charge in [-0.1, -0.05) is 0 Å². The molecule has 3 aromatic rings. The van der Waals surface area contributed by atoms with Crippen molar-refractivity contribution < 1.29 is 9.21 Å². The molecule has 0 saturated heterocycles. The first-order valence-electron chi connectivity index (χ1n) is 5.99. The molecule has 19 heavy (non-hydrogen) atoms. The Labute approximate surface area is 109 Å². The number of nitrogens with one attached hydrogen (secondary N) is 2. The van der Waals surface area contributed by atoms with Gasteiger partial charge in [0.25, 0.3) is 5.91 Å². The van der Waals surface area contributed by atoms with Crippen molar-refractivity contribution in [2.24, 2.45) is 0 Å². The maximum atomic E-state index is 12.0. The summed E-state index contributed by atoms with van der Waals surface area (Å²) in [7, 11) is 0. The lowest BCUT2D eigenvalue weighted by Crippen LogP contribution is -2.22. The van der Waals surface area contributed by atoms with E-state index in [4.69, 9.17) is 4.42 Å². The predicted octanol–water partition coefficient (Wildman–Crippen LogP) is 2.39. The van der Waals surface area contributed by atoms with Crippen LogP contribution in [0.5, 0.6) is 0 Å². The monoisotopic (exact) mass is 255 g/mol. The quantitative estimate of drug-likeness (QED) is 0.755. The number of benzene rings is 1. The van der Waals surface area contributed by atoms with Crippen LogP contribution in [-0.2, 0) is 6.54 Å². The highest BCUT2D eigenvalue weighted by Crippen LogP contribution is 2.13. The lowest BCUT2D eigenvalue weighted by molar-refractivity contribution is 0.0948. The van der Waals surface area contributed by atoms with Crippen LogP contribution in [-0.4, -0.2) is 15.9 Å². The molecule has 0 bridgehead atoms. The standard InChI is InChI=1S/C14H13N3O2/c1-9-16-12-5-4-10(7-13(12)17-9)14(18)15-8-11-3-2-6-19-11/h2-7H,8H2,1H3,(H,15,18)(H,16,17). The number of aromatic nitrogens is 2. The summed E-state index contributed by atoms with van der Waals surface area (Å²) in [5.74, 6) is 1.43. The van der Waals surface area contributed by atoms with Crippen LogP contribution < -0.4 is 5.32 Å². The number of amides is 1. The van der Waals surface area contributed by atoms with Crippen molar-refractivity contribution in [2.75, 3.05) is 0 Å². The summed E-state index contributed by atoms with van der Waals surface area (Å²) in [6, 6.07) is 9.01. The maximum Gasteiger partial charge on any atom is 0.251 e. The summed E-state index contributed by atoms with van der Waals surface area (Å²) in [5, 5.41) is 2.81. The molecular formula is C14H13N3O2. The Morgan fingerprint density at radius 1 is 1.42 bits per heavy atom. The number of hydrogen-bond acceptors (Lipinski definition) is 3.